The van der Waals surface area contributed by atoms with Gasteiger partial charge in [0.2, 0.25) is 0 Å². The van der Waals surface area contributed by atoms with Gasteiger partial charge >= 0.3 is 0 Å². The minimum atomic E-state index is 0. The Morgan fingerprint density at radius 1 is 1.00 bits per heavy atom. The number of hydrogen-bond donors (Lipinski definition) is 0. The molecule has 0 unspecified atom stereocenters. The maximum Gasteiger partial charge on any atom is 0.0706 e. The summed E-state index contributed by atoms with van der Waals surface area (Å²) < 4.78 is 2.24. The van der Waals surface area contributed by atoms with Gasteiger partial charge in [-0.25, -0.2) is 0 Å². The van der Waals surface area contributed by atoms with Crippen molar-refractivity contribution in [3.63, 3.8) is 0 Å². The van der Waals surface area contributed by atoms with Crippen molar-refractivity contribution in [1.29, 1.82) is 0 Å². The molecule has 2 nitrogen and oxygen atoms in total. The van der Waals surface area contributed by atoms with Crippen LogP contribution in [-0.2, 0) is 26.8 Å². The predicted octanol–water partition coefficient (Wildman–Crippen LogP) is 5.82. The predicted molar refractivity (Wildman–Crippen MR) is 95.6 cm³/mol. The molecular formula is C20H30N2Pd. The van der Waals surface area contributed by atoms with E-state index in [0.717, 1.165) is 12.8 Å². The summed E-state index contributed by atoms with van der Waals surface area (Å²) in [6.45, 7) is 15.6. The molecule has 0 bridgehead atoms. The van der Waals surface area contributed by atoms with E-state index in [0.29, 0.717) is 12.0 Å². The van der Waals surface area contributed by atoms with Crippen LogP contribution in [0.1, 0.15) is 75.5 Å². The zero-order valence-corrected chi connectivity index (χ0v) is 17.1. The minimum absolute atomic E-state index is 0. The van der Waals surface area contributed by atoms with Gasteiger partial charge in [0.25, 0.3) is 0 Å². The number of nitrogens with zero attached hydrogens (tertiary/aromatic N) is 2. The molecule has 2 rings (SSSR count). The first-order valence-electron chi connectivity index (χ1n) is 8.55. The molecule has 0 aliphatic carbocycles. The molecule has 0 spiro atoms. The largest absolute Gasteiger partial charge is 0.266 e. The van der Waals surface area contributed by atoms with E-state index >= 15 is 0 Å². The van der Waals surface area contributed by atoms with E-state index in [2.05, 4.69) is 71.3 Å². The number of aryl methyl sites for hydroxylation is 3. The summed E-state index contributed by atoms with van der Waals surface area (Å²) in [6.07, 6.45) is 2.17. The zero-order valence-electron chi connectivity index (χ0n) is 15.5. The first-order chi connectivity index (χ1) is 10.3. The van der Waals surface area contributed by atoms with Crippen molar-refractivity contribution in [2.75, 3.05) is 0 Å². The monoisotopic (exact) mass is 404 g/mol. The van der Waals surface area contributed by atoms with Crippen molar-refractivity contribution in [2.24, 2.45) is 0 Å². The van der Waals surface area contributed by atoms with Crippen LogP contribution in [0.4, 0.5) is 0 Å². The summed E-state index contributed by atoms with van der Waals surface area (Å²) in [4.78, 5) is 0. The summed E-state index contributed by atoms with van der Waals surface area (Å²) in [6, 6.07) is 7.25. The Morgan fingerprint density at radius 3 is 2.00 bits per heavy atom. The third kappa shape index (κ3) is 4.34. The minimum Gasteiger partial charge on any atom is -0.266 e. The van der Waals surface area contributed by atoms with E-state index < -0.39 is 0 Å². The smallest absolute Gasteiger partial charge is 0.0706 e. The van der Waals surface area contributed by atoms with Crippen LogP contribution in [0.3, 0.4) is 0 Å². The van der Waals surface area contributed by atoms with Crippen LogP contribution in [0.2, 0.25) is 0 Å². The van der Waals surface area contributed by atoms with Crippen molar-refractivity contribution in [3.05, 3.63) is 40.7 Å². The Balaban J connectivity index is 0.00000264. The molecule has 0 radical (unpaired) electrons. The van der Waals surface area contributed by atoms with E-state index in [-0.39, 0.29) is 20.4 Å². The Kier molecular flexibility index (Phi) is 7.24. The van der Waals surface area contributed by atoms with E-state index in [4.69, 9.17) is 5.10 Å². The van der Waals surface area contributed by atoms with Crippen LogP contribution in [-0.4, -0.2) is 9.78 Å². The van der Waals surface area contributed by atoms with Gasteiger partial charge in [0.05, 0.1) is 5.69 Å². The molecule has 0 amide bonds. The van der Waals surface area contributed by atoms with Gasteiger partial charge in [0.15, 0.2) is 0 Å². The van der Waals surface area contributed by atoms with Crippen molar-refractivity contribution >= 4 is 0 Å². The van der Waals surface area contributed by atoms with Crippen LogP contribution in [0.5, 0.6) is 0 Å². The Morgan fingerprint density at radius 2 is 1.57 bits per heavy atom. The molecule has 0 atom stereocenters. The number of aromatic nitrogens is 2. The van der Waals surface area contributed by atoms with Gasteiger partial charge in [0.1, 0.15) is 0 Å². The molecule has 0 N–H and O–H groups in total. The molecule has 0 saturated carbocycles. The summed E-state index contributed by atoms with van der Waals surface area (Å²) in [5.74, 6) is 0.469. The van der Waals surface area contributed by atoms with Crippen molar-refractivity contribution in [1.82, 2.24) is 9.78 Å². The van der Waals surface area contributed by atoms with Gasteiger partial charge in [-0.05, 0) is 45.6 Å². The summed E-state index contributed by atoms with van der Waals surface area (Å²) in [5, 5.41) is 4.97. The molecule has 130 valence electrons. The first kappa shape index (κ1) is 20.1. The molecule has 0 aliphatic rings. The zero-order chi connectivity index (χ0) is 16.4. The van der Waals surface area contributed by atoms with Gasteiger partial charge in [-0.2, -0.15) is 5.10 Å². The quantitative estimate of drug-likeness (QED) is 0.574. The summed E-state index contributed by atoms with van der Waals surface area (Å²) in [7, 11) is 0. The van der Waals surface area contributed by atoms with Gasteiger partial charge in [-0.3, -0.25) is 4.68 Å². The molecule has 1 aromatic heterocycles. The second-order valence-electron chi connectivity index (χ2n) is 7.03. The van der Waals surface area contributed by atoms with Gasteiger partial charge in [-0.1, -0.05) is 56.5 Å². The van der Waals surface area contributed by atoms with E-state index in [1.165, 1.54) is 33.6 Å². The molecule has 1 heterocycles. The van der Waals surface area contributed by atoms with Crippen LogP contribution in [0.25, 0.3) is 11.1 Å². The molecule has 0 fully saturated rings. The van der Waals surface area contributed by atoms with Gasteiger partial charge < -0.3 is 0 Å². The topological polar surface area (TPSA) is 17.8 Å². The molecular weight excluding hydrogens is 375 g/mol. The maximum atomic E-state index is 4.97. The van der Waals surface area contributed by atoms with Crippen LogP contribution >= 0.6 is 0 Å². The normalized spacial score (nSPS) is 11.2. The Hall–Kier alpha value is -0.908. The molecule has 2 aromatic rings. The number of benzene rings is 1. The van der Waals surface area contributed by atoms with Crippen LogP contribution in [0, 0.1) is 13.8 Å². The fraction of sp³-hybridized carbons (Fsp3) is 0.550. The molecule has 23 heavy (non-hydrogen) atoms. The van der Waals surface area contributed by atoms with E-state index in [9.17, 15) is 0 Å². The van der Waals surface area contributed by atoms with Crippen molar-refractivity contribution < 1.29 is 20.4 Å². The van der Waals surface area contributed by atoms with Crippen molar-refractivity contribution in [3.8, 4) is 11.1 Å². The fourth-order valence-corrected chi connectivity index (χ4v) is 3.29. The Labute approximate surface area is 155 Å². The van der Waals surface area contributed by atoms with Crippen LogP contribution in [0.15, 0.2) is 18.2 Å². The first-order valence-corrected chi connectivity index (χ1v) is 8.55. The van der Waals surface area contributed by atoms with E-state index in [1.54, 1.807) is 0 Å². The summed E-state index contributed by atoms with van der Waals surface area (Å²) >= 11 is 0. The summed E-state index contributed by atoms with van der Waals surface area (Å²) in [5.41, 5.74) is 7.98. The third-order valence-corrected chi connectivity index (χ3v) is 4.05. The average molecular weight is 405 g/mol. The average Bonchev–Trinajstić information content (AvgIpc) is 2.77. The SMILES string of the molecule is CCCc1nn(C(C)C)c(C(C)C)c1-c1cc(C)cc(C)c1.[Pd]. The number of rotatable bonds is 5. The Bertz CT molecular complexity index is 634. The van der Waals surface area contributed by atoms with Crippen LogP contribution < -0.4 is 0 Å². The molecule has 1 aromatic carbocycles. The maximum absolute atomic E-state index is 4.97. The standard InChI is InChI=1S/C20H30N2.Pd/c1-8-9-18-19(17-11-15(6)10-16(7)12-17)20(13(2)3)22(21-18)14(4)5;/h10-14H,8-9H2,1-7H3;. The fourth-order valence-electron chi connectivity index (χ4n) is 3.29. The molecule has 3 heteroatoms. The third-order valence-electron chi connectivity index (χ3n) is 4.05. The van der Waals surface area contributed by atoms with E-state index in [1.807, 2.05) is 0 Å². The van der Waals surface area contributed by atoms with Gasteiger partial charge in [0, 0.05) is 37.7 Å². The van der Waals surface area contributed by atoms with Crippen molar-refractivity contribution in [2.45, 2.75) is 73.3 Å². The second-order valence-corrected chi connectivity index (χ2v) is 7.03. The van der Waals surface area contributed by atoms with Gasteiger partial charge in [-0.15, -0.1) is 0 Å². The molecule has 0 saturated heterocycles. The number of hydrogen-bond acceptors (Lipinski definition) is 1. The second kappa shape index (κ2) is 8.27. The molecule has 0 aliphatic heterocycles.